The number of nitrogens with one attached hydrogen (secondary N) is 2. The number of hydrogen-bond acceptors (Lipinski definition) is 6. The molecule has 1 saturated heterocycles. The largest absolute Gasteiger partial charge is 0.381 e. The SMILES string of the molecule is CCNc1cc(NCC2CCOC2)nc(COC)n1. The molecule has 0 bridgehead atoms. The second kappa shape index (κ2) is 7.25. The summed E-state index contributed by atoms with van der Waals surface area (Å²) >= 11 is 0. The summed E-state index contributed by atoms with van der Waals surface area (Å²) in [7, 11) is 1.65. The van der Waals surface area contributed by atoms with Crippen LogP contribution in [0.15, 0.2) is 6.07 Å². The van der Waals surface area contributed by atoms with Crippen molar-refractivity contribution in [2.75, 3.05) is 44.0 Å². The second-order valence-corrected chi connectivity index (χ2v) is 4.63. The van der Waals surface area contributed by atoms with E-state index in [4.69, 9.17) is 9.47 Å². The first-order valence-corrected chi connectivity index (χ1v) is 6.74. The molecule has 0 aliphatic carbocycles. The van der Waals surface area contributed by atoms with E-state index >= 15 is 0 Å². The molecule has 6 nitrogen and oxygen atoms in total. The topological polar surface area (TPSA) is 68.3 Å². The highest BCUT2D eigenvalue weighted by molar-refractivity contribution is 5.47. The number of hydrogen-bond donors (Lipinski definition) is 2. The predicted octanol–water partition coefficient (Wildman–Crippen LogP) is 1.50. The van der Waals surface area contributed by atoms with E-state index in [1.165, 1.54) is 0 Å². The maximum Gasteiger partial charge on any atom is 0.158 e. The van der Waals surface area contributed by atoms with E-state index in [0.29, 0.717) is 18.3 Å². The fourth-order valence-corrected chi connectivity index (χ4v) is 2.05. The van der Waals surface area contributed by atoms with Gasteiger partial charge in [0, 0.05) is 38.8 Å². The van der Waals surface area contributed by atoms with E-state index in [1.807, 2.05) is 13.0 Å². The fourth-order valence-electron chi connectivity index (χ4n) is 2.05. The molecule has 1 aromatic rings. The number of rotatable bonds is 7. The third kappa shape index (κ3) is 4.33. The van der Waals surface area contributed by atoms with Crippen LogP contribution < -0.4 is 10.6 Å². The summed E-state index contributed by atoms with van der Waals surface area (Å²) in [6.45, 7) is 5.88. The lowest BCUT2D eigenvalue weighted by molar-refractivity contribution is 0.178. The van der Waals surface area contributed by atoms with Crippen LogP contribution in [0.5, 0.6) is 0 Å². The highest BCUT2D eigenvalue weighted by Gasteiger charge is 2.15. The fraction of sp³-hybridized carbons (Fsp3) is 0.692. The first-order chi connectivity index (χ1) is 9.31. The summed E-state index contributed by atoms with van der Waals surface area (Å²) in [5, 5.41) is 6.56. The molecule has 2 N–H and O–H groups in total. The molecule has 1 atom stereocenters. The van der Waals surface area contributed by atoms with Crippen molar-refractivity contribution in [2.24, 2.45) is 5.92 Å². The molecule has 6 heteroatoms. The standard InChI is InChI=1S/C13H22N4O2/c1-3-14-11-6-12(17-13(16-11)9-18-2)15-7-10-4-5-19-8-10/h6,10H,3-5,7-9H2,1-2H3,(H2,14,15,16,17). The van der Waals surface area contributed by atoms with Crippen LogP contribution >= 0.6 is 0 Å². The Bertz CT molecular complexity index is 370. The Balaban J connectivity index is 1.99. The minimum Gasteiger partial charge on any atom is -0.381 e. The van der Waals surface area contributed by atoms with Gasteiger partial charge in [0.05, 0.1) is 6.61 Å². The van der Waals surface area contributed by atoms with Gasteiger partial charge in [-0.05, 0) is 13.3 Å². The van der Waals surface area contributed by atoms with Crippen molar-refractivity contribution < 1.29 is 9.47 Å². The van der Waals surface area contributed by atoms with E-state index in [1.54, 1.807) is 7.11 Å². The van der Waals surface area contributed by atoms with Crippen molar-refractivity contribution in [1.29, 1.82) is 0 Å². The molecule has 2 rings (SSSR count). The highest BCUT2D eigenvalue weighted by Crippen LogP contribution is 2.16. The third-order valence-corrected chi connectivity index (χ3v) is 3.00. The quantitative estimate of drug-likeness (QED) is 0.779. The van der Waals surface area contributed by atoms with Gasteiger partial charge in [-0.1, -0.05) is 0 Å². The average molecular weight is 266 g/mol. The zero-order valence-corrected chi connectivity index (χ0v) is 11.6. The van der Waals surface area contributed by atoms with Gasteiger partial charge in [0.15, 0.2) is 5.82 Å². The van der Waals surface area contributed by atoms with E-state index in [2.05, 4.69) is 20.6 Å². The molecule has 19 heavy (non-hydrogen) atoms. The smallest absolute Gasteiger partial charge is 0.158 e. The number of anilines is 2. The Morgan fingerprint density at radius 3 is 2.79 bits per heavy atom. The van der Waals surface area contributed by atoms with Gasteiger partial charge >= 0.3 is 0 Å². The van der Waals surface area contributed by atoms with Crippen molar-refractivity contribution in [3.63, 3.8) is 0 Å². The van der Waals surface area contributed by atoms with Crippen molar-refractivity contribution >= 4 is 11.6 Å². The Kier molecular flexibility index (Phi) is 5.35. The molecule has 1 aromatic heterocycles. The van der Waals surface area contributed by atoms with E-state index < -0.39 is 0 Å². The summed E-state index contributed by atoms with van der Waals surface area (Å²) in [5.74, 6) is 2.93. The molecule has 1 fully saturated rings. The predicted molar refractivity (Wildman–Crippen MR) is 74.3 cm³/mol. The summed E-state index contributed by atoms with van der Waals surface area (Å²) in [4.78, 5) is 8.82. The van der Waals surface area contributed by atoms with Crippen LogP contribution in [0.1, 0.15) is 19.2 Å². The Morgan fingerprint density at radius 1 is 1.37 bits per heavy atom. The number of methoxy groups -OCH3 is 1. The molecular formula is C13H22N4O2. The van der Waals surface area contributed by atoms with Crippen molar-refractivity contribution in [3.8, 4) is 0 Å². The van der Waals surface area contributed by atoms with E-state index in [0.717, 1.165) is 44.4 Å². The van der Waals surface area contributed by atoms with Crippen LogP contribution in [0, 0.1) is 5.92 Å². The molecule has 0 amide bonds. The van der Waals surface area contributed by atoms with Crippen LogP contribution in [0.3, 0.4) is 0 Å². The number of aromatic nitrogens is 2. The number of nitrogens with zero attached hydrogens (tertiary/aromatic N) is 2. The van der Waals surface area contributed by atoms with Crippen molar-refractivity contribution in [3.05, 3.63) is 11.9 Å². The summed E-state index contributed by atoms with van der Waals surface area (Å²) in [5.41, 5.74) is 0. The average Bonchev–Trinajstić information content (AvgIpc) is 2.90. The van der Waals surface area contributed by atoms with Crippen LogP contribution in [0.2, 0.25) is 0 Å². The molecule has 0 saturated carbocycles. The molecule has 1 unspecified atom stereocenters. The summed E-state index contributed by atoms with van der Waals surface area (Å²) in [6, 6.07) is 1.93. The van der Waals surface area contributed by atoms with Gasteiger partial charge in [-0.2, -0.15) is 0 Å². The van der Waals surface area contributed by atoms with Crippen LogP contribution in [-0.2, 0) is 16.1 Å². The van der Waals surface area contributed by atoms with Crippen LogP contribution in [0.4, 0.5) is 11.6 Å². The maximum absolute atomic E-state index is 5.37. The summed E-state index contributed by atoms with van der Waals surface area (Å²) < 4.78 is 10.5. The lowest BCUT2D eigenvalue weighted by Crippen LogP contribution is -2.16. The Labute approximate surface area is 113 Å². The van der Waals surface area contributed by atoms with Gasteiger partial charge < -0.3 is 20.1 Å². The first-order valence-electron chi connectivity index (χ1n) is 6.74. The molecule has 1 aliphatic rings. The van der Waals surface area contributed by atoms with Crippen molar-refractivity contribution in [2.45, 2.75) is 20.0 Å². The van der Waals surface area contributed by atoms with Gasteiger partial charge in [0.25, 0.3) is 0 Å². The van der Waals surface area contributed by atoms with Gasteiger partial charge in [-0.25, -0.2) is 9.97 Å². The lowest BCUT2D eigenvalue weighted by atomic mass is 10.1. The van der Waals surface area contributed by atoms with Gasteiger partial charge in [0.2, 0.25) is 0 Å². The zero-order chi connectivity index (χ0) is 13.5. The Hall–Kier alpha value is -1.40. The first kappa shape index (κ1) is 14.0. The minimum absolute atomic E-state index is 0.417. The van der Waals surface area contributed by atoms with Gasteiger partial charge in [-0.15, -0.1) is 0 Å². The van der Waals surface area contributed by atoms with Gasteiger partial charge in [0.1, 0.15) is 18.2 Å². The van der Waals surface area contributed by atoms with Gasteiger partial charge in [-0.3, -0.25) is 0 Å². The third-order valence-electron chi connectivity index (χ3n) is 3.00. The zero-order valence-electron chi connectivity index (χ0n) is 11.6. The lowest BCUT2D eigenvalue weighted by Gasteiger charge is -2.12. The molecular weight excluding hydrogens is 244 g/mol. The monoisotopic (exact) mass is 266 g/mol. The second-order valence-electron chi connectivity index (χ2n) is 4.63. The summed E-state index contributed by atoms with van der Waals surface area (Å²) in [6.07, 6.45) is 1.11. The van der Waals surface area contributed by atoms with E-state index in [-0.39, 0.29) is 0 Å². The molecule has 0 spiro atoms. The molecule has 1 aliphatic heterocycles. The Morgan fingerprint density at radius 2 is 2.16 bits per heavy atom. The molecule has 106 valence electrons. The molecule has 0 radical (unpaired) electrons. The molecule has 0 aromatic carbocycles. The number of ether oxygens (including phenoxy) is 2. The molecule has 2 heterocycles. The van der Waals surface area contributed by atoms with Crippen LogP contribution in [0.25, 0.3) is 0 Å². The normalized spacial score (nSPS) is 18.5. The van der Waals surface area contributed by atoms with Crippen LogP contribution in [-0.4, -0.2) is 43.4 Å². The van der Waals surface area contributed by atoms with E-state index in [9.17, 15) is 0 Å². The minimum atomic E-state index is 0.417. The highest BCUT2D eigenvalue weighted by atomic mass is 16.5. The van der Waals surface area contributed by atoms with Crippen molar-refractivity contribution in [1.82, 2.24) is 9.97 Å². The maximum atomic E-state index is 5.37.